The van der Waals surface area contributed by atoms with Crippen molar-refractivity contribution in [2.75, 3.05) is 47.4 Å². The number of piperazine rings is 1. The van der Waals surface area contributed by atoms with Crippen LogP contribution in [0.3, 0.4) is 0 Å². The summed E-state index contributed by atoms with van der Waals surface area (Å²) in [7, 11) is 0. The van der Waals surface area contributed by atoms with Gasteiger partial charge in [-0.2, -0.15) is 5.10 Å². The van der Waals surface area contributed by atoms with Crippen LogP contribution in [0.2, 0.25) is 0 Å². The molecule has 0 N–H and O–H groups in total. The molecule has 0 unspecified atom stereocenters. The van der Waals surface area contributed by atoms with Crippen LogP contribution in [0.4, 0.5) is 17.1 Å². The minimum atomic E-state index is 0.759. The van der Waals surface area contributed by atoms with Gasteiger partial charge in [0.25, 0.3) is 0 Å². The summed E-state index contributed by atoms with van der Waals surface area (Å²) in [5, 5.41) is 6.70. The highest BCUT2D eigenvalue weighted by molar-refractivity contribution is 5.85. The number of anilines is 3. The molecule has 1 aliphatic carbocycles. The Kier molecular flexibility index (Phi) is 6.06. The Morgan fingerprint density at radius 1 is 0.812 bits per heavy atom. The summed E-state index contributed by atoms with van der Waals surface area (Å²) < 4.78 is 0. The van der Waals surface area contributed by atoms with Crippen molar-refractivity contribution >= 4 is 23.4 Å². The lowest BCUT2D eigenvalue weighted by molar-refractivity contribution is 0.310. The first-order chi connectivity index (χ1) is 15.7. The van der Waals surface area contributed by atoms with Crippen LogP contribution in [0.1, 0.15) is 38.2 Å². The first-order valence-corrected chi connectivity index (χ1v) is 12.2. The predicted molar refractivity (Wildman–Crippen MR) is 135 cm³/mol. The Balaban J connectivity index is 1.16. The standard InChI is InChI=1S/C27H35N5/c1-3-23-8-10-25(11-9-23)29-16-18-30(19-17-29)26-12-14-27(15-13-26)31-21-28-32(22(31)2)20-24-6-4-5-7-24/h8-15,21,24H,2-7,16-20H2,1H3. The lowest BCUT2D eigenvalue weighted by atomic mass is 10.1. The van der Waals surface area contributed by atoms with Crippen LogP contribution in [0.15, 0.2) is 66.0 Å². The number of aryl methyl sites for hydroxylation is 1. The van der Waals surface area contributed by atoms with E-state index >= 15 is 0 Å². The summed E-state index contributed by atoms with van der Waals surface area (Å²) in [6.07, 6.45) is 8.38. The molecule has 2 fully saturated rings. The normalized spacial score (nSPS) is 19.5. The zero-order valence-corrected chi connectivity index (χ0v) is 19.3. The van der Waals surface area contributed by atoms with Crippen molar-refractivity contribution in [2.45, 2.75) is 39.0 Å². The summed E-state index contributed by atoms with van der Waals surface area (Å²) in [6.45, 7) is 11.7. The van der Waals surface area contributed by atoms with E-state index in [2.05, 4.69) is 86.8 Å². The lowest BCUT2D eigenvalue weighted by Gasteiger charge is -2.37. The van der Waals surface area contributed by atoms with Crippen molar-refractivity contribution in [1.82, 2.24) is 5.01 Å². The molecular weight excluding hydrogens is 394 g/mol. The van der Waals surface area contributed by atoms with Crippen LogP contribution in [0, 0.1) is 5.92 Å². The van der Waals surface area contributed by atoms with Gasteiger partial charge in [0.2, 0.25) is 0 Å². The SMILES string of the molecule is C=C1N(CC2CCCC2)N=CN1c1ccc(N2CCN(c3ccc(CC)cc3)CC2)cc1. The highest BCUT2D eigenvalue weighted by Crippen LogP contribution is 2.31. The second-order valence-electron chi connectivity index (χ2n) is 9.26. The van der Waals surface area contributed by atoms with Gasteiger partial charge in [0.15, 0.2) is 0 Å². The van der Waals surface area contributed by atoms with E-state index in [-0.39, 0.29) is 0 Å². The molecule has 5 rings (SSSR count). The molecule has 0 radical (unpaired) electrons. The van der Waals surface area contributed by atoms with E-state index in [4.69, 9.17) is 0 Å². The highest BCUT2D eigenvalue weighted by atomic mass is 15.6. The summed E-state index contributed by atoms with van der Waals surface area (Å²) in [4.78, 5) is 7.09. The number of nitrogens with zero attached hydrogens (tertiary/aromatic N) is 5. The van der Waals surface area contributed by atoms with Crippen molar-refractivity contribution in [3.8, 4) is 0 Å². The van der Waals surface area contributed by atoms with E-state index in [1.165, 1.54) is 42.6 Å². The smallest absolute Gasteiger partial charge is 0.127 e. The van der Waals surface area contributed by atoms with Gasteiger partial charge in [-0.15, -0.1) is 0 Å². The van der Waals surface area contributed by atoms with Crippen LogP contribution in [0.5, 0.6) is 0 Å². The topological polar surface area (TPSA) is 25.3 Å². The average molecular weight is 430 g/mol. The Labute approximate surface area is 192 Å². The molecule has 2 aliphatic heterocycles. The Morgan fingerprint density at radius 2 is 1.34 bits per heavy atom. The van der Waals surface area contributed by atoms with Gasteiger partial charge in [-0.3, -0.25) is 4.90 Å². The van der Waals surface area contributed by atoms with Crippen LogP contribution in [-0.2, 0) is 6.42 Å². The zero-order chi connectivity index (χ0) is 21.9. The number of hydrogen-bond donors (Lipinski definition) is 0. The lowest BCUT2D eigenvalue weighted by Crippen LogP contribution is -2.46. The maximum atomic E-state index is 4.62. The maximum absolute atomic E-state index is 4.62. The van der Waals surface area contributed by atoms with Gasteiger partial charge in [-0.1, -0.05) is 38.5 Å². The molecular formula is C27H35N5. The molecule has 0 atom stereocenters. The molecule has 1 saturated carbocycles. The molecule has 2 aromatic carbocycles. The Morgan fingerprint density at radius 3 is 1.91 bits per heavy atom. The van der Waals surface area contributed by atoms with Crippen LogP contribution in [0.25, 0.3) is 0 Å². The van der Waals surface area contributed by atoms with Gasteiger partial charge in [0, 0.05) is 49.8 Å². The summed E-state index contributed by atoms with van der Waals surface area (Å²) in [5.74, 6) is 1.72. The molecule has 5 heteroatoms. The van der Waals surface area contributed by atoms with Crippen molar-refractivity contribution in [3.63, 3.8) is 0 Å². The van der Waals surface area contributed by atoms with Crippen LogP contribution in [-0.4, -0.2) is 44.1 Å². The van der Waals surface area contributed by atoms with Gasteiger partial charge < -0.3 is 9.80 Å². The maximum Gasteiger partial charge on any atom is 0.127 e. The summed E-state index contributed by atoms with van der Waals surface area (Å²) in [6, 6.07) is 17.9. The molecule has 2 aromatic rings. The zero-order valence-electron chi connectivity index (χ0n) is 19.3. The van der Waals surface area contributed by atoms with Crippen molar-refractivity contribution < 1.29 is 0 Å². The van der Waals surface area contributed by atoms with Crippen LogP contribution >= 0.6 is 0 Å². The Bertz CT molecular complexity index is 935. The molecule has 168 valence electrons. The van der Waals surface area contributed by atoms with E-state index in [0.29, 0.717) is 0 Å². The minimum Gasteiger partial charge on any atom is -0.368 e. The first-order valence-electron chi connectivity index (χ1n) is 12.2. The first kappa shape index (κ1) is 20.9. The predicted octanol–water partition coefficient (Wildman–Crippen LogP) is 5.30. The third kappa shape index (κ3) is 4.34. The van der Waals surface area contributed by atoms with E-state index in [0.717, 1.165) is 56.6 Å². The van der Waals surface area contributed by atoms with Crippen molar-refractivity contribution in [3.05, 3.63) is 66.5 Å². The van der Waals surface area contributed by atoms with Crippen molar-refractivity contribution in [1.29, 1.82) is 0 Å². The summed E-state index contributed by atoms with van der Waals surface area (Å²) in [5.41, 5.74) is 5.16. The fraction of sp³-hybridized carbons (Fsp3) is 0.444. The Hall–Kier alpha value is -2.95. The number of benzene rings is 2. The monoisotopic (exact) mass is 429 g/mol. The molecule has 2 heterocycles. The van der Waals surface area contributed by atoms with Gasteiger partial charge in [0.05, 0.1) is 0 Å². The molecule has 1 saturated heterocycles. The number of hydrogen-bond acceptors (Lipinski definition) is 5. The molecule has 0 amide bonds. The number of rotatable bonds is 6. The summed E-state index contributed by atoms with van der Waals surface area (Å²) >= 11 is 0. The highest BCUT2D eigenvalue weighted by Gasteiger charge is 2.25. The quantitative estimate of drug-likeness (QED) is 0.622. The van der Waals surface area contributed by atoms with E-state index in [9.17, 15) is 0 Å². The fourth-order valence-electron chi connectivity index (χ4n) is 5.17. The van der Waals surface area contributed by atoms with E-state index in [1.807, 2.05) is 6.34 Å². The largest absolute Gasteiger partial charge is 0.368 e. The van der Waals surface area contributed by atoms with E-state index in [1.54, 1.807) is 0 Å². The molecule has 5 nitrogen and oxygen atoms in total. The van der Waals surface area contributed by atoms with Crippen molar-refractivity contribution in [2.24, 2.45) is 11.0 Å². The van der Waals surface area contributed by atoms with Crippen LogP contribution < -0.4 is 14.7 Å². The fourth-order valence-corrected chi connectivity index (χ4v) is 5.17. The minimum absolute atomic E-state index is 0.759. The second-order valence-corrected chi connectivity index (χ2v) is 9.26. The van der Waals surface area contributed by atoms with Gasteiger partial charge in [-0.05, 0) is 67.1 Å². The van der Waals surface area contributed by atoms with Gasteiger partial charge in [0.1, 0.15) is 12.2 Å². The average Bonchev–Trinajstić information content (AvgIpc) is 3.50. The van der Waals surface area contributed by atoms with Gasteiger partial charge in [-0.25, -0.2) is 5.01 Å². The molecule has 32 heavy (non-hydrogen) atoms. The molecule has 0 aromatic heterocycles. The van der Waals surface area contributed by atoms with Gasteiger partial charge >= 0.3 is 0 Å². The molecule has 3 aliphatic rings. The van der Waals surface area contributed by atoms with E-state index < -0.39 is 0 Å². The third-order valence-corrected chi connectivity index (χ3v) is 7.27. The number of hydrazone groups is 1. The molecule has 0 spiro atoms. The third-order valence-electron chi connectivity index (χ3n) is 7.27. The molecule has 0 bridgehead atoms. The second kappa shape index (κ2) is 9.27.